The average molecular weight is 193 g/mol. The molecule has 1 heterocycles. The fourth-order valence-electron chi connectivity index (χ4n) is 1.59. The molecule has 1 aromatic rings. The van der Waals surface area contributed by atoms with Crippen LogP contribution in [0.15, 0.2) is 18.7 Å². The largest absolute Gasteiger partial charge is 0.337 e. The zero-order valence-corrected chi connectivity index (χ0v) is 8.65. The molecule has 1 N–H and O–H groups in total. The number of hydrogen-bond acceptors (Lipinski definition) is 2. The average Bonchev–Trinajstić information content (AvgIpc) is 2.87. The van der Waals surface area contributed by atoms with Crippen molar-refractivity contribution in [2.45, 2.75) is 32.2 Å². The molecule has 1 fully saturated rings. The van der Waals surface area contributed by atoms with E-state index < -0.39 is 0 Å². The van der Waals surface area contributed by atoms with Crippen molar-refractivity contribution in [3.63, 3.8) is 0 Å². The number of imidazole rings is 1. The molecular weight excluding hydrogens is 174 g/mol. The number of nitrogens with one attached hydrogen (secondary N) is 1. The third kappa shape index (κ3) is 3.50. The highest BCUT2D eigenvalue weighted by Crippen LogP contribution is 2.27. The molecule has 0 radical (unpaired) electrons. The van der Waals surface area contributed by atoms with Crippen LogP contribution in [0.1, 0.15) is 25.7 Å². The molecule has 0 amide bonds. The van der Waals surface area contributed by atoms with Crippen molar-refractivity contribution >= 4 is 0 Å². The fraction of sp³-hybridized carbons (Fsp3) is 0.727. The third-order valence-electron chi connectivity index (χ3n) is 2.71. The predicted molar refractivity (Wildman–Crippen MR) is 57.1 cm³/mol. The molecule has 1 aliphatic rings. The smallest absolute Gasteiger partial charge is 0.0945 e. The van der Waals surface area contributed by atoms with Crippen LogP contribution in [0.5, 0.6) is 0 Å². The summed E-state index contributed by atoms with van der Waals surface area (Å²) in [5.74, 6) is 1.00. The molecule has 1 saturated carbocycles. The molecular formula is C11H19N3. The summed E-state index contributed by atoms with van der Waals surface area (Å²) in [6.45, 7) is 3.52. The van der Waals surface area contributed by atoms with E-state index in [1.807, 2.05) is 18.7 Å². The normalized spacial score (nSPS) is 16.0. The number of aromatic nitrogens is 2. The highest BCUT2D eigenvalue weighted by Gasteiger charge is 2.19. The highest BCUT2D eigenvalue weighted by atomic mass is 15.0. The molecule has 78 valence electrons. The van der Waals surface area contributed by atoms with E-state index in [1.165, 1.54) is 38.8 Å². The van der Waals surface area contributed by atoms with Gasteiger partial charge < -0.3 is 9.88 Å². The third-order valence-corrected chi connectivity index (χ3v) is 2.71. The van der Waals surface area contributed by atoms with Crippen molar-refractivity contribution in [1.82, 2.24) is 14.9 Å². The van der Waals surface area contributed by atoms with Crippen LogP contribution in [0.3, 0.4) is 0 Å². The Morgan fingerprint density at radius 1 is 1.36 bits per heavy atom. The Labute approximate surface area is 85.5 Å². The SMILES string of the molecule is c1cn(CCCCNCC2CC2)cn1. The highest BCUT2D eigenvalue weighted by molar-refractivity contribution is 4.75. The molecule has 0 aromatic carbocycles. The maximum atomic E-state index is 4.02. The van der Waals surface area contributed by atoms with Crippen LogP contribution in [0.4, 0.5) is 0 Å². The van der Waals surface area contributed by atoms with Crippen molar-refractivity contribution < 1.29 is 0 Å². The first-order valence-electron chi connectivity index (χ1n) is 5.61. The first-order chi connectivity index (χ1) is 6.95. The molecule has 3 heteroatoms. The van der Waals surface area contributed by atoms with E-state index in [4.69, 9.17) is 0 Å². The van der Waals surface area contributed by atoms with Crippen LogP contribution in [0.2, 0.25) is 0 Å². The number of nitrogens with zero attached hydrogens (tertiary/aromatic N) is 2. The lowest BCUT2D eigenvalue weighted by Crippen LogP contribution is -2.18. The van der Waals surface area contributed by atoms with Crippen LogP contribution >= 0.6 is 0 Å². The Kier molecular flexibility index (Phi) is 3.57. The van der Waals surface area contributed by atoms with Gasteiger partial charge in [-0.05, 0) is 44.7 Å². The minimum absolute atomic E-state index is 1.00. The van der Waals surface area contributed by atoms with Crippen molar-refractivity contribution in [3.05, 3.63) is 18.7 Å². The van der Waals surface area contributed by atoms with E-state index in [9.17, 15) is 0 Å². The van der Waals surface area contributed by atoms with Crippen LogP contribution in [-0.4, -0.2) is 22.6 Å². The van der Waals surface area contributed by atoms with E-state index in [0.717, 1.165) is 12.5 Å². The van der Waals surface area contributed by atoms with E-state index in [2.05, 4.69) is 14.9 Å². The van der Waals surface area contributed by atoms with E-state index in [0.29, 0.717) is 0 Å². The van der Waals surface area contributed by atoms with Gasteiger partial charge in [-0.15, -0.1) is 0 Å². The van der Waals surface area contributed by atoms with Crippen molar-refractivity contribution in [3.8, 4) is 0 Å². The zero-order chi connectivity index (χ0) is 9.64. The number of hydrogen-bond donors (Lipinski definition) is 1. The fourth-order valence-corrected chi connectivity index (χ4v) is 1.59. The van der Waals surface area contributed by atoms with Gasteiger partial charge in [0, 0.05) is 18.9 Å². The summed E-state index contributed by atoms with van der Waals surface area (Å²) in [5, 5.41) is 3.50. The first kappa shape index (κ1) is 9.71. The molecule has 0 saturated heterocycles. The molecule has 0 unspecified atom stereocenters. The van der Waals surface area contributed by atoms with Gasteiger partial charge >= 0.3 is 0 Å². The summed E-state index contributed by atoms with van der Waals surface area (Å²) in [4.78, 5) is 4.02. The lowest BCUT2D eigenvalue weighted by Gasteiger charge is -2.03. The molecule has 14 heavy (non-hydrogen) atoms. The second kappa shape index (κ2) is 5.15. The van der Waals surface area contributed by atoms with E-state index in [-0.39, 0.29) is 0 Å². The van der Waals surface area contributed by atoms with Crippen LogP contribution in [0.25, 0.3) is 0 Å². The Morgan fingerprint density at radius 2 is 2.29 bits per heavy atom. The van der Waals surface area contributed by atoms with Gasteiger partial charge in [-0.25, -0.2) is 4.98 Å². The lowest BCUT2D eigenvalue weighted by molar-refractivity contribution is 0.556. The van der Waals surface area contributed by atoms with Crippen molar-refractivity contribution in [1.29, 1.82) is 0 Å². The second-order valence-electron chi connectivity index (χ2n) is 4.16. The molecule has 3 nitrogen and oxygen atoms in total. The van der Waals surface area contributed by atoms with Gasteiger partial charge in [0.2, 0.25) is 0 Å². The molecule has 1 aliphatic carbocycles. The van der Waals surface area contributed by atoms with Crippen molar-refractivity contribution in [2.24, 2.45) is 5.92 Å². The monoisotopic (exact) mass is 193 g/mol. The Bertz CT molecular complexity index is 239. The molecule has 2 rings (SSSR count). The summed E-state index contributed by atoms with van der Waals surface area (Å²) < 4.78 is 2.14. The summed E-state index contributed by atoms with van der Waals surface area (Å²) >= 11 is 0. The van der Waals surface area contributed by atoms with Gasteiger partial charge in [0.25, 0.3) is 0 Å². The second-order valence-corrected chi connectivity index (χ2v) is 4.16. The minimum atomic E-state index is 1.00. The van der Waals surface area contributed by atoms with Gasteiger partial charge in [-0.3, -0.25) is 0 Å². The van der Waals surface area contributed by atoms with E-state index >= 15 is 0 Å². The Balaban J connectivity index is 1.43. The Morgan fingerprint density at radius 3 is 3.00 bits per heavy atom. The zero-order valence-electron chi connectivity index (χ0n) is 8.65. The van der Waals surface area contributed by atoms with Gasteiger partial charge in [0.05, 0.1) is 6.33 Å². The van der Waals surface area contributed by atoms with Crippen molar-refractivity contribution in [2.75, 3.05) is 13.1 Å². The molecule has 1 aromatic heterocycles. The summed E-state index contributed by atoms with van der Waals surface area (Å²) in [6, 6.07) is 0. The van der Waals surface area contributed by atoms with Gasteiger partial charge in [0.15, 0.2) is 0 Å². The summed E-state index contributed by atoms with van der Waals surface area (Å²) in [5.41, 5.74) is 0. The first-order valence-corrected chi connectivity index (χ1v) is 5.61. The molecule has 0 spiro atoms. The van der Waals surface area contributed by atoms with Gasteiger partial charge in [-0.1, -0.05) is 0 Å². The number of unbranched alkanes of at least 4 members (excludes halogenated alkanes) is 1. The summed E-state index contributed by atoms with van der Waals surface area (Å²) in [7, 11) is 0. The predicted octanol–water partition coefficient (Wildman–Crippen LogP) is 1.66. The topological polar surface area (TPSA) is 29.9 Å². The number of rotatable bonds is 7. The van der Waals surface area contributed by atoms with Crippen LogP contribution < -0.4 is 5.32 Å². The Hall–Kier alpha value is -0.830. The minimum Gasteiger partial charge on any atom is -0.337 e. The lowest BCUT2D eigenvalue weighted by atomic mass is 10.3. The summed E-state index contributed by atoms with van der Waals surface area (Å²) in [6.07, 6.45) is 11.2. The molecule has 0 aliphatic heterocycles. The number of aryl methyl sites for hydroxylation is 1. The quantitative estimate of drug-likeness (QED) is 0.667. The molecule has 0 bridgehead atoms. The van der Waals surface area contributed by atoms with Crippen LogP contribution in [0, 0.1) is 5.92 Å². The van der Waals surface area contributed by atoms with Gasteiger partial charge in [0.1, 0.15) is 0 Å². The van der Waals surface area contributed by atoms with Gasteiger partial charge in [-0.2, -0.15) is 0 Å². The van der Waals surface area contributed by atoms with Crippen LogP contribution in [-0.2, 0) is 6.54 Å². The molecule has 0 atom stereocenters. The maximum absolute atomic E-state index is 4.02. The maximum Gasteiger partial charge on any atom is 0.0945 e. The van der Waals surface area contributed by atoms with E-state index in [1.54, 1.807) is 0 Å². The standard InChI is InChI=1S/C11H19N3/c1(5-12-9-11-3-4-11)2-7-14-8-6-13-10-14/h6,8,10-12H,1-5,7,9H2.